The fourth-order valence-corrected chi connectivity index (χ4v) is 2.26. The largest absolute Gasteiger partial charge is 0.459 e. The molecular weight excluding hydrogens is 282 g/mol. The van der Waals surface area contributed by atoms with Crippen LogP contribution in [0.15, 0.2) is 22.8 Å². The zero-order chi connectivity index (χ0) is 13.7. The molecule has 0 saturated heterocycles. The summed E-state index contributed by atoms with van der Waals surface area (Å²) in [4.78, 5) is 23.3. The van der Waals surface area contributed by atoms with Crippen LogP contribution in [0.2, 0.25) is 0 Å². The number of carbonyl (C=O) groups is 2. The zero-order valence-corrected chi connectivity index (χ0v) is 11.9. The molecule has 2 atom stereocenters. The molecular formula is C13H20ClN3O3. The lowest BCUT2D eigenvalue weighted by Crippen LogP contribution is -2.37. The highest BCUT2D eigenvalue weighted by molar-refractivity contribution is 5.91. The summed E-state index contributed by atoms with van der Waals surface area (Å²) >= 11 is 0. The predicted molar refractivity (Wildman–Crippen MR) is 76.6 cm³/mol. The van der Waals surface area contributed by atoms with Gasteiger partial charge in [-0.1, -0.05) is 0 Å². The molecule has 0 aliphatic heterocycles. The zero-order valence-electron chi connectivity index (χ0n) is 11.1. The van der Waals surface area contributed by atoms with Gasteiger partial charge in [0, 0.05) is 25.0 Å². The van der Waals surface area contributed by atoms with Crippen molar-refractivity contribution < 1.29 is 14.0 Å². The Hall–Kier alpha value is -1.53. The van der Waals surface area contributed by atoms with Crippen LogP contribution < -0.4 is 16.4 Å². The molecule has 0 aromatic carbocycles. The molecule has 0 bridgehead atoms. The molecule has 1 heterocycles. The smallest absolute Gasteiger partial charge is 0.287 e. The Labute approximate surface area is 123 Å². The summed E-state index contributed by atoms with van der Waals surface area (Å²) in [5.41, 5.74) is 5.76. The van der Waals surface area contributed by atoms with Gasteiger partial charge in [0.25, 0.3) is 5.91 Å². The van der Waals surface area contributed by atoms with Crippen molar-refractivity contribution in [1.29, 1.82) is 0 Å². The first kappa shape index (κ1) is 16.5. The topological polar surface area (TPSA) is 97.4 Å². The highest BCUT2D eigenvalue weighted by atomic mass is 35.5. The summed E-state index contributed by atoms with van der Waals surface area (Å²) in [6, 6.07) is 3.39. The van der Waals surface area contributed by atoms with Gasteiger partial charge in [0.05, 0.1) is 6.26 Å². The number of carbonyl (C=O) groups excluding carboxylic acids is 2. The SMILES string of the molecule is Cl.NC1CCC(C(=O)NCCNC(=O)c2ccco2)C1. The molecule has 1 aliphatic carbocycles. The number of nitrogens with two attached hydrogens (primary N) is 1. The first-order chi connectivity index (χ1) is 9.16. The molecule has 2 rings (SSSR count). The molecule has 1 aromatic rings. The molecule has 7 heteroatoms. The molecule has 20 heavy (non-hydrogen) atoms. The minimum Gasteiger partial charge on any atom is -0.459 e. The van der Waals surface area contributed by atoms with E-state index in [1.807, 2.05) is 0 Å². The average molecular weight is 302 g/mol. The van der Waals surface area contributed by atoms with Gasteiger partial charge < -0.3 is 20.8 Å². The van der Waals surface area contributed by atoms with Gasteiger partial charge in [-0.05, 0) is 31.4 Å². The molecule has 1 aromatic heterocycles. The van der Waals surface area contributed by atoms with Crippen molar-refractivity contribution >= 4 is 24.2 Å². The lowest BCUT2D eigenvalue weighted by molar-refractivity contribution is -0.124. The molecule has 2 unspecified atom stereocenters. The van der Waals surface area contributed by atoms with Gasteiger partial charge in [-0.25, -0.2) is 0 Å². The molecule has 1 aliphatic rings. The van der Waals surface area contributed by atoms with E-state index in [9.17, 15) is 9.59 Å². The van der Waals surface area contributed by atoms with Crippen LogP contribution in [0.25, 0.3) is 0 Å². The maximum Gasteiger partial charge on any atom is 0.287 e. The van der Waals surface area contributed by atoms with E-state index >= 15 is 0 Å². The molecule has 112 valence electrons. The van der Waals surface area contributed by atoms with E-state index in [0.717, 1.165) is 19.3 Å². The summed E-state index contributed by atoms with van der Waals surface area (Å²) in [5.74, 6) is 0.0474. The number of rotatable bonds is 5. The van der Waals surface area contributed by atoms with Gasteiger partial charge in [-0.3, -0.25) is 9.59 Å². The van der Waals surface area contributed by atoms with E-state index in [4.69, 9.17) is 10.2 Å². The van der Waals surface area contributed by atoms with Crippen LogP contribution in [0.4, 0.5) is 0 Å². The molecule has 2 amide bonds. The van der Waals surface area contributed by atoms with Crippen molar-refractivity contribution in [3.8, 4) is 0 Å². The van der Waals surface area contributed by atoms with E-state index in [0.29, 0.717) is 13.1 Å². The summed E-state index contributed by atoms with van der Waals surface area (Å²) < 4.78 is 4.95. The number of furan rings is 1. The van der Waals surface area contributed by atoms with Crippen molar-refractivity contribution in [3.05, 3.63) is 24.2 Å². The normalized spacial score (nSPS) is 21.1. The number of halogens is 1. The van der Waals surface area contributed by atoms with Gasteiger partial charge >= 0.3 is 0 Å². The Balaban J connectivity index is 0.00000200. The first-order valence-electron chi connectivity index (χ1n) is 6.52. The van der Waals surface area contributed by atoms with Gasteiger partial charge in [0.2, 0.25) is 5.91 Å². The van der Waals surface area contributed by atoms with Crippen LogP contribution in [0.3, 0.4) is 0 Å². The van der Waals surface area contributed by atoms with Crippen molar-refractivity contribution in [3.63, 3.8) is 0 Å². The number of hydrogen-bond acceptors (Lipinski definition) is 4. The van der Waals surface area contributed by atoms with Gasteiger partial charge in [0.1, 0.15) is 0 Å². The summed E-state index contributed by atoms with van der Waals surface area (Å²) in [5, 5.41) is 5.47. The fraction of sp³-hybridized carbons (Fsp3) is 0.538. The number of amides is 2. The predicted octanol–water partition coefficient (Wildman–Crippen LogP) is 0.675. The second-order valence-corrected chi connectivity index (χ2v) is 4.79. The molecule has 1 saturated carbocycles. The van der Waals surface area contributed by atoms with Gasteiger partial charge in [-0.2, -0.15) is 0 Å². The Morgan fingerprint density at radius 2 is 2.05 bits per heavy atom. The molecule has 6 nitrogen and oxygen atoms in total. The quantitative estimate of drug-likeness (QED) is 0.696. The Morgan fingerprint density at radius 1 is 1.30 bits per heavy atom. The minimum absolute atomic E-state index is 0. The molecule has 0 radical (unpaired) electrons. The van der Waals surface area contributed by atoms with Crippen LogP contribution in [0.5, 0.6) is 0 Å². The van der Waals surface area contributed by atoms with E-state index in [1.54, 1.807) is 12.1 Å². The van der Waals surface area contributed by atoms with Crippen molar-refractivity contribution in [2.75, 3.05) is 13.1 Å². The fourth-order valence-electron chi connectivity index (χ4n) is 2.26. The summed E-state index contributed by atoms with van der Waals surface area (Å²) in [6.07, 6.45) is 3.96. The monoisotopic (exact) mass is 301 g/mol. The minimum atomic E-state index is -0.276. The van der Waals surface area contributed by atoms with Crippen LogP contribution in [0, 0.1) is 5.92 Å². The molecule has 4 N–H and O–H groups in total. The maximum absolute atomic E-state index is 11.8. The van der Waals surface area contributed by atoms with E-state index < -0.39 is 0 Å². The Kier molecular flexibility index (Phi) is 6.54. The Bertz CT molecular complexity index is 436. The standard InChI is InChI=1S/C13H19N3O3.ClH/c14-10-4-3-9(8-10)12(17)15-5-6-16-13(18)11-2-1-7-19-11;/h1-2,7,9-10H,3-6,8,14H2,(H,15,17)(H,16,18);1H. The highest BCUT2D eigenvalue weighted by Gasteiger charge is 2.27. The van der Waals surface area contributed by atoms with E-state index in [2.05, 4.69) is 10.6 Å². The van der Waals surface area contributed by atoms with Crippen LogP contribution >= 0.6 is 12.4 Å². The van der Waals surface area contributed by atoms with Crippen LogP contribution in [-0.4, -0.2) is 30.9 Å². The van der Waals surface area contributed by atoms with Crippen LogP contribution in [0.1, 0.15) is 29.8 Å². The highest BCUT2D eigenvalue weighted by Crippen LogP contribution is 2.23. The average Bonchev–Trinajstić information content (AvgIpc) is 3.04. The maximum atomic E-state index is 11.8. The molecule has 0 spiro atoms. The van der Waals surface area contributed by atoms with E-state index in [1.165, 1.54) is 6.26 Å². The third-order valence-corrected chi connectivity index (χ3v) is 3.30. The molecule has 1 fully saturated rings. The van der Waals surface area contributed by atoms with Crippen LogP contribution in [-0.2, 0) is 4.79 Å². The lowest BCUT2D eigenvalue weighted by atomic mass is 10.1. The Morgan fingerprint density at radius 3 is 2.65 bits per heavy atom. The van der Waals surface area contributed by atoms with Crippen molar-refractivity contribution in [1.82, 2.24) is 10.6 Å². The summed E-state index contributed by atoms with van der Waals surface area (Å²) in [7, 11) is 0. The number of nitrogens with one attached hydrogen (secondary N) is 2. The van der Waals surface area contributed by atoms with Crippen molar-refractivity contribution in [2.45, 2.75) is 25.3 Å². The summed E-state index contributed by atoms with van der Waals surface area (Å²) in [6.45, 7) is 0.793. The second kappa shape index (κ2) is 7.91. The number of hydrogen-bond donors (Lipinski definition) is 3. The third-order valence-electron chi connectivity index (χ3n) is 3.30. The second-order valence-electron chi connectivity index (χ2n) is 4.79. The first-order valence-corrected chi connectivity index (χ1v) is 6.52. The van der Waals surface area contributed by atoms with E-state index in [-0.39, 0.29) is 41.9 Å². The third kappa shape index (κ3) is 4.54. The van der Waals surface area contributed by atoms with Gasteiger partial charge in [0.15, 0.2) is 5.76 Å². The van der Waals surface area contributed by atoms with Crippen molar-refractivity contribution in [2.24, 2.45) is 11.7 Å². The van der Waals surface area contributed by atoms with Gasteiger partial charge in [-0.15, -0.1) is 12.4 Å². The lowest BCUT2D eigenvalue weighted by Gasteiger charge is -2.10.